The summed E-state index contributed by atoms with van der Waals surface area (Å²) in [4.78, 5) is 16.3. The third kappa shape index (κ3) is 5.38. The predicted molar refractivity (Wildman–Crippen MR) is 112 cm³/mol. The van der Waals surface area contributed by atoms with Crippen LogP contribution in [0.25, 0.3) is 11.1 Å². The highest BCUT2D eigenvalue weighted by Gasteiger charge is 2.24. The fraction of sp³-hybridized carbons (Fsp3) is 0.217. The standard InChI is InChI=1S/C23H23F2N3O/c1-15(2)22(29)28-19-8-4-6-16(12-19)17-10-11-21(26-14-17)27-20-9-5-7-18(13-20)23(3,24)25/h4-15H,1-3H3,(H,26,27)(H,28,29). The van der Waals surface area contributed by atoms with Crippen LogP contribution in [-0.2, 0) is 10.7 Å². The van der Waals surface area contributed by atoms with Crippen molar-refractivity contribution in [2.75, 3.05) is 10.6 Å². The van der Waals surface area contributed by atoms with E-state index >= 15 is 0 Å². The molecule has 3 rings (SSSR count). The fourth-order valence-electron chi connectivity index (χ4n) is 2.72. The molecule has 0 saturated heterocycles. The van der Waals surface area contributed by atoms with E-state index in [2.05, 4.69) is 15.6 Å². The van der Waals surface area contributed by atoms with Crippen LogP contribution in [0.2, 0.25) is 0 Å². The Hall–Kier alpha value is -3.28. The van der Waals surface area contributed by atoms with Crippen molar-refractivity contribution in [2.24, 2.45) is 5.92 Å². The van der Waals surface area contributed by atoms with E-state index in [-0.39, 0.29) is 17.4 Å². The van der Waals surface area contributed by atoms with Gasteiger partial charge in [-0.25, -0.2) is 13.8 Å². The largest absolute Gasteiger partial charge is 0.340 e. The van der Waals surface area contributed by atoms with E-state index in [4.69, 9.17) is 0 Å². The lowest BCUT2D eigenvalue weighted by atomic mass is 10.1. The van der Waals surface area contributed by atoms with E-state index in [0.717, 1.165) is 23.7 Å². The summed E-state index contributed by atoms with van der Waals surface area (Å²) in [6.07, 6.45) is 1.70. The van der Waals surface area contributed by atoms with Gasteiger partial charge in [-0.2, -0.15) is 0 Å². The molecule has 0 atom stereocenters. The lowest BCUT2D eigenvalue weighted by Crippen LogP contribution is -2.17. The number of anilines is 3. The van der Waals surface area contributed by atoms with Gasteiger partial charge in [0.15, 0.2) is 0 Å². The molecule has 0 radical (unpaired) electrons. The van der Waals surface area contributed by atoms with Crippen molar-refractivity contribution in [2.45, 2.75) is 26.7 Å². The minimum Gasteiger partial charge on any atom is -0.340 e. The summed E-state index contributed by atoms with van der Waals surface area (Å²) in [5, 5.41) is 5.92. The Balaban J connectivity index is 1.75. The molecule has 1 aromatic heterocycles. The monoisotopic (exact) mass is 395 g/mol. The van der Waals surface area contributed by atoms with Crippen LogP contribution in [0.5, 0.6) is 0 Å². The zero-order valence-corrected chi connectivity index (χ0v) is 16.5. The van der Waals surface area contributed by atoms with Crippen LogP contribution in [0.4, 0.5) is 26.0 Å². The molecule has 0 unspecified atom stereocenters. The van der Waals surface area contributed by atoms with Gasteiger partial charge in [0.25, 0.3) is 5.92 Å². The molecule has 0 saturated carbocycles. The van der Waals surface area contributed by atoms with Gasteiger partial charge in [0, 0.05) is 41.5 Å². The first-order valence-corrected chi connectivity index (χ1v) is 9.35. The Morgan fingerprint density at radius 3 is 2.34 bits per heavy atom. The number of benzene rings is 2. The molecule has 29 heavy (non-hydrogen) atoms. The first-order valence-electron chi connectivity index (χ1n) is 9.35. The number of amides is 1. The predicted octanol–water partition coefficient (Wildman–Crippen LogP) is 6.20. The van der Waals surface area contributed by atoms with Crippen molar-refractivity contribution >= 4 is 23.1 Å². The molecule has 6 heteroatoms. The maximum atomic E-state index is 13.5. The van der Waals surface area contributed by atoms with Crippen molar-refractivity contribution in [1.82, 2.24) is 4.98 Å². The first kappa shape index (κ1) is 20.5. The van der Waals surface area contributed by atoms with Gasteiger partial charge in [0.1, 0.15) is 5.82 Å². The van der Waals surface area contributed by atoms with E-state index in [1.807, 2.05) is 44.2 Å². The summed E-state index contributed by atoms with van der Waals surface area (Å²) in [5.74, 6) is -2.49. The zero-order chi connectivity index (χ0) is 21.0. The summed E-state index contributed by atoms with van der Waals surface area (Å²) in [7, 11) is 0. The number of nitrogens with one attached hydrogen (secondary N) is 2. The minimum absolute atomic E-state index is 0.0419. The quantitative estimate of drug-likeness (QED) is 0.523. The number of pyridine rings is 1. The van der Waals surface area contributed by atoms with E-state index in [1.165, 1.54) is 12.1 Å². The van der Waals surface area contributed by atoms with E-state index in [1.54, 1.807) is 24.4 Å². The van der Waals surface area contributed by atoms with E-state index in [9.17, 15) is 13.6 Å². The molecule has 1 heterocycles. The molecule has 0 bridgehead atoms. The third-order valence-corrected chi connectivity index (χ3v) is 4.39. The normalized spacial score (nSPS) is 11.4. The molecular weight excluding hydrogens is 372 g/mol. The van der Waals surface area contributed by atoms with Gasteiger partial charge in [0.2, 0.25) is 5.91 Å². The molecular formula is C23H23F2N3O. The van der Waals surface area contributed by atoms with Crippen molar-refractivity contribution in [1.29, 1.82) is 0 Å². The van der Waals surface area contributed by atoms with Crippen molar-refractivity contribution in [3.05, 3.63) is 72.4 Å². The molecule has 2 N–H and O–H groups in total. The third-order valence-electron chi connectivity index (χ3n) is 4.39. The molecule has 3 aromatic rings. The maximum absolute atomic E-state index is 13.5. The van der Waals surface area contributed by atoms with Crippen molar-refractivity contribution in [3.8, 4) is 11.1 Å². The van der Waals surface area contributed by atoms with Crippen LogP contribution in [0.3, 0.4) is 0 Å². The number of alkyl halides is 2. The molecule has 150 valence electrons. The highest BCUT2D eigenvalue weighted by Crippen LogP contribution is 2.30. The van der Waals surface area contributed by atoms with Gasteiger partial charge >= 0.3 is 0 Å². The number of halogens is 2. The van der Waals surface area contributed by atoms with Gasteiger partial charge in [-0.1, -0.05) is 38.1 Å². The second-order valence-electron chi connectivity index (χ2n) is 7.25. The van der Waals surface area contributed by atoms with Crippen molar-refractivity contribution < 1.29 is 13.6 Å². The number of carbonyl (C=O) groups excluding carboxylic acids is 1. The summed E-state index contributed by atoms with van der Waals surface area (Å²) < 4.78 is 27.0. The number of nitrogens with zero attached hydrogens (tertiary/aromatic N) is 1. The average molecular weight is 395 g/mol. The van der Waals surface area contributed by atoms with E-state index in [0.29, 0.717) is 11.5 Å². The highest BCUT2D eigenvalue weighted by atomic mass is 19.3. The topological polar surface area (TPSA) is 54.0 Å². The van der Waals surface area contributed by atoms with Gasteiger partial charge in [-0.3, -0.25) is 4.79 Å². The molecule has 0 aliphatic heterocycles. The number of rotatable bonds is 6. The maximum Gasteiger partial charge on any atom is 0.270 e. The van der Waals surface area contributed by atoms with Gasteiger partial charge < -0.3 is 10.6 Å². The molecule has 0 aliphatic rings. The van der Waals surface area contributed by atoms with Crippen LogP contribution in [0.15, 0.2) is 66.9 Å². The Morgan fingerprint density at radius 1 is 0.966 bits per heavy atom. The van der Waals surface area contributed by atoms with Gasteiger partial charge in [0.05, 0.1) is 0 Å². The highest BCUT2D eigenvalue weighted by molar-refractivity contribution is 5.92. The smallest absolute Gasteiger partial charge is 0.270 e. The molecule has 0 aliphatic carbocycles. The average Bonchev–Trinajstić information content (AvgIpc) is 2.68. The van der Waals surface area contributed by atoms with Crippen LogP contribution in [0, 0.1) is 5.92 Å². The number of aromatic nitrogens is 1. The summed E-state index contributed by atoms with van der Waals surface area (Å²) >= 11 is 0. The summed E-state index contributed by atoms with van der Waals surface area (Å²) in [5.41, 5.74) is 3.01. The van der Waals surface area contributed by atoms with Crippen LogP contribution in [-0.4, -0.2) is 10.9 Å². The van der Waals surface area contributed by atoms with Crippen LogP contribution >= 0.6 is 0 Å². The Kier molecular flexibility index (Phi) is 5.92. The number of hydrogen-bond donors (Lipinski definition) is 2. The Bertz CT molecular complexity index is 996. The molecule has 0 fully saturated rings. The molecule has 2 aromatic carbocycles. The van der Waals surface area contributed by atoms with E-state index < -0.39 is 5.92 Å². The van der Waals surface area contributed by atoms with Gasteiger partial charge in [-0.05, 0) is 42.0 Å². The lowest BCUT2D eigenvalue weighted by molar-refractivity contribution is -0.118. The fourth-order valence-corrected chi connectivity index (χ4v) is 2.72. The first-order chi connectivity index (χ1) is 13.7. The number of carbonyl (C=O) groups is 1. The molecule has 0 spiro atoms. The van der Waals surface area contributed by atoms with Crippen molar-refractivity contribution in [3.63, 3.8) is 0 Å². The Morgan fingerprint density at radius 2 is 1.69 bits per heavy atom. The summed E-state index contributed by atoms with van der Waals surface area (Å²) in [6, 6.07) is 17.3. The lowest BCUT2D eigenvalue weighted by Gasteiger charge is -2.13. The molecule has 1 amide bonds. The minimum atomic E-state index is -2.90. The second kappa shape index (κ2) is 8.39. The number of hydrogen-bond acceptors (Lipinski definition) is 3. The second-order valence-corrected chi connectivity index (χ2v) is 7.25. The van der Waals surface area contributed by atoms with Crippen LogP contribution < -0.4 is 10.6 Å². The molecule has 4 nitrogen and oxygen atoms in total. The Labute approximate surface area is 169 Å². The SMILES string of the molecule is CC(C)C(=O)Nc1cccc(-c2ccc(Nc3cccc(C(C)(F)F)c3)nc2)c1. The van der Waals surface area contributed by atoms with Crippen LogP contribution in [0.1, 0.15) is 26.3 Å². The zero-order valence-electron chi connectivity index (χ0n) is 16.5. The summed E-state index contributed by atoms with van der Waals surface area (Å²) in [6.45, 7) is 4.55. The van der Waals surface area contributed by atoms with Gasteiger partial charge in [-0.15, -0.1) is 0 Å².